The summed E-state index contributed by atoms with van der Waals surface area (Å²) in [5.41, 5.74) is 0. The van der Waals surface area contributed by atoms with E-state index >= 15 is 0 Å². The highest BCUT2D eigenvalue weighted by Gasteiger charge is 2.45. The molecule has 5 atom stereocenters. The van der Waals surface area contributed by atoms with E-state index in [1.54, 1.807) is 0 Å². The minimum Gasteiger partial charge on any atom is -0.387 e. The lowest BCUT2D eigenvalue weighted by Gasteiger charge is -2.15. The Bertz CT molecular complexity index is 156. The first-order chi connectivity index (χ1) is 5.57. The van der Waals surface area contributed by atoms with Crippen molar-refractivity contribution in [2.24, 2.45) is 0 Å². The van der Waals surface area contributed by atoms with Gasteiger partial charge in [-0.1, -0.05) is 0 Å². The van der Waals surface area contributed by atoms with Crippen LogP contribution in [-0.4, -0.2) is 52.8 Å². The number of alkyl halides is 2. The molecule has 4 nitrogen and oxygen atoms in total. The summed E-state index contributed by atoms with van der Waals surface area (Å²) in [5.74, 6) is 0. The quantitative estimate of drug-likeness (QED) is 0.500. The predicted octanol–water partition coefficient (Wildman–Crippen LogP) is -1.27. The highest BCUT2D eigenvalue weighted by Crippen LogP contribution is 2.23. The molecule has 0 bridgehead atoms. The largest absolute Gasteiger partial charge is 0.387 e. The summed E-state index contributed by atoms with van der Waals surface area (Å²) in [6, 6.07) is 0. The summed E-state index contributed by atoms with van der Waals surface area (Å²) in [5, 5.41) is 26.6. The molecular formula is C6H10F2O4. The fourth-order valence-corrected chi connectivity index (χ4v) is 1.07. The zero-order valence-corrected chi connectivity index (χ0v) is 6.10. The molecule has 1 aliphatic heterocycles. The molecule has 0 saturated carbocycles. The predicted molar refractivity (Wildman–Crippen MR) is 33.8 cm³/mol. The molecule has 0 radical (unpaired) electrons. The van der Waals surface area contributed by atoms with Crippen LogP contribution in [0.15, 0.2) is 0 Å². The van der Waals surface area contributed by atoms with E-state index in [0.29, 0.717) is 0 Å². The third-order valence-corrected chi connectivity index (χ3v) is 1.78. The first-order valence-electron chi connectivity index (χ1n) is 3.47. The molecule has 6 heteroatoms. The summed E-state index contributed by atoms with van der Waals surface area (Å²) in [4.78, 5) is 0. The standard InChI is InChI=1S/C6H10F2O4/c7-1-2(8)5-3(9)4(10)6(11)12-5/h2-6,9-11H,1H2/t2-,3-,4-,5-,6?/m1/s1. The van der Waals surface area contributed by atoms with Crippen molar-refractivity contribution in [3.8, 4) is 0 Å². The van der Waals surface area contributed by atoms with Crippen LogP contribution in [0.1, 0.15) is 0 Å². The topological polar surface area (TPSA) is 69.9 Å². The van der Waals surface area contributed by atoms with Crippen LogP contribution in [0.25, 0.3) is 0 Å². The van der Waals surface area contributed by atoms with Crippen LogP contribution in [0.5, 0.6) is 0 Å². The van der Waals surface area contributed by atoms with E-state index in [4.69, 9.17) is 15.3 Å². The van der Waals surface area contributed by atoms with E-state index in [1.165, 1.54) is 0 Å². The van der Waals surface area contributed by atoms with Crippen LogP contribution >= 0.6 is 0 Å². The molecule has 0 aromatic heterocycles. The second-order valence-electron chi connectivity index (χ2n) is 2.64. The Kier molecular flexibility index (Phi) is 2.94. The lowest BCUT2D eigenvalue weighted by atomic mass is 10.1. The lowest BCUT2D eigenvalue weighted by molar-refractivity contribution is -0.138. The van der Waals surface area contributed by atoms with Gasteiger partial charge in [-0.3, -0.25) is 0 Å². The summed E-state index contributed by atoms with van der Waals surface area (Å²) in [6.45, 7) is -1.32. The minimum atomic E-state index is -2.02. The van der Waals surface area contributed by atoms with Gasteiger partial charge in [0.1, 0.15) is 25.0 Å². The van der Waals surface area contributed by atoms with E-state index in [-0.39, 0.29) is 0 Å². The highest BCUT2D eigenvalue weighted by atomic mass is 19.2. The normalized spacial score (nSPS) is 44.8. The van der Waals surface area contributed by atoms with Crippen LogP contribution in [0, 0.1) is 0 Å². The van der Waals surface area contributed by atoms with Crippen molar-refractivity contribution < 1.29 is 28.8 Å². The first-order valence-corrected chi connectivity index (χ1v) is 3.47. The van der Waals surface area contributed by atoms with Gasteiger partial charge in [0, 0.05) is 0 Å². The summed E-state index contributed by atoms with van der Waals surface area (Å²) >= 11 is 0. The molecule has 0 aromatic carbocycles. The number of hydrogen-bond donors (Lipinski definition) is 3. The summed E-state index contributed by atoms with van der Waals surface area (Å²) < 4.78 is 28.7. The second kappa shape index (κ2) is 3.61. The zero-order chi connectivity index (χ0) is 9.30. The van der Waals surface area contributed by atoms with Gasteiger partial charge < -0.3 is 20.1 Å². The van der Waals surface area contributed by atoms with Crippen LogP contribution in [0.2, 0.25) is 0 Å². The zero-order valence-electron chi connectivity index (χ0n) is 6.10. The maximum atomic E-state index is 12.6. The van der Waals surface area contributed by atoms with E-state index in [0.717, 1.165) is 0 Å². The number of halogens is 2. The Labute approximate surface area is 67.4 Å². The van der Waals surface area contributed by atoms with E-state index in [2.05, 4.69) is 4.74 Å². The molecule has 0 amide bonds. The number of aliphatic hydroxyl groups is 3. The number of ether oxygens (including phenoxy) is 1. The molecule has 12 heavy (non-hydrogen) atoms. The van der Waals surface area contributed by atoms with Gasteiger partial charge in [0.05, 0.1) is 0 Å². The van der Waals surface area contributed by atoms with E-state index < -0.39 is 37.4 Å². The van der Waals surface area contributed by atoms with E-state index in [9.17, 15) is 8.78 Å². The van der Waals surface area contributed by atoms with Crippen LogP contribution in [0.3, 0.4) is 0 Å². The fourth-order valence-electron chi connectivity index (χ4n) is 1.07. The molecular weight excluding hydrogens is 174 g/mol. The maximum absolute atomic E-state index is 12.6. The Balaban J connectivity index is 2.58. The second-order valence-corrected chi connectivity index (χ2v) is 2.64. The fraction of sp³-hybridized carbons (Fsp3) is 1.00. The molecule has 0 spiro atoms. The van der Waals surface area contributed by atoms with Gasteiger partial charge >= 0.3 is 0 Å². The van der Waals surface area contributed by atoms with Crippen LogP contribution in [0.4, 0.5) is 8.78 Å². The number of aliphatic hydroxyl groups excluding tert-OH is 3. The van der Waals surface area contributed by atoms with Crippen molar-refractivity contribution in [1.82, 2.24) is 0 Å². The Morgan fingerprint density at radius 2 is 1.83 bits per heavy atom. The SMILES string of the molecule is OC1O[C@H]([C@H](F)CF)[C@H](O)[C@H]1O. The third kappa shape index (κ3) is 1.56. The molecule has 0 aromatic rings. The Morgan fingerprint density at radius 1 is 1.25 bits per heavy atom. The van der Waals surface area contributed by atoms with Gasteiger partial charge in [0.15, 0.2) is 12.5 Å². The van der Waals surface area contributed by atoms with Crippen molar-refractivity contribution in [1.29, 1.82) is 0 Å². The molecule has 1 saturated heterocycles. The van der Waals surface area contributed by atoms with Gasteiger partial charge in [-0.05, 0) is 0 Å². The van der Waals surface area contributed by atoms with Crippen molar-refractivity contribution in [3.05, 3.63) is 0 Å². The maximum Gasteiger partial charge on any atom is 0.184 e. The van der Waals surface area contributed by atoms with Crippen molar-refractivity contribution in [3.63, 3.8) is 0 Å². The van der Waals surface area contributed by atoms with Crippen LogP contribution < -0.4 is 0 Å². The van der Waals surface area contributed by atoms with E-state index in [1.807, 2.05) is 0 Å². The molecule has 1 rings (SSSR count). The number of hydrogen-bond acceptors (Lipinski definition) is 4. The Morgan fingerprint density at radius 3 is 2.17 bits per heavy atom. The monoisotopic (exact) mass is 184 g/mol. The van der Waals surface area contributed by atoms with Gasteiger partial charge in [-0.25, -0.2) is 8.78 Å². The average Bonchev–Trinajstić information content (AvgIpc) is 2.32. The summed E-state index contributed by atoms with van der Waals surface area (Å²) in [6.07, 6.45) is -8.30. The van der Waals surface area contributed by atoms with Gasteiger partial charge in [-0.15, -0.1) is 0 Å². The smallest absolute Gasteiger partial charge is 0.184 e. The highest BCUT2D eigenvalue weighted by molar-refractivity contribution is 4.89. The van der Waals surface area contributed by atoms with Crippen molar-refractivity contribution in [2.75, 3.05) is 6.67 Å². The number of rotatable bonds is 2. The molecule has 1 aliphatic rings. The molecule has 72 valence electrons. The molecule has 0 aliphatic carbocycles. The molecule has 1 heterocycles. The van der Waals surface area contributed by atoms with Crippen LogP contribution in [-0.2, 0) is 4.74 Å². The van der Waals surface area contributed by atoms with Gasteiger partial charge in [0.25, 0.3) is 0 Å². The summed E-state index contributed by atoms with van der Waals surface area (Å²) in [7, 11) is 0. The third-order valence-electron chi connectivity index (χ3n) is 1.78. The van der Waals surface area contributed by atoms with Gasteiger partial charge in [-0.2, -0.15) is 0 Å². The molecule has 1 fully saturated rings. The molecule has 1 unspecified atom stereocenters. The van der Waals surface area contributed by atoms with Crippen molar-refractivity contribution in [2.45, 2.75) is 30.8 Å². The lowest BCUT2D eigenvalue weighted by Crippen LogP contribution is -2.37. The minimum absolute atomic E-state index is 1.32. The van der Waals surface area contributed by atoms with Gasteiger partial charge in [0.2, 0.25) is 0 Å². The first kappa shape index (κ1) is 9.79. The van der Waals surface area contributed by atoms with Crippen molar-refractivity contribution >= 4 is 0 Å². The average molecular weight is 184 g/mol. The molecule has 3 N–H and O–H groups in total. The Hall–Kier alpha value is -0.300.